The number of aromatic amines is 1. The van der Waals surface area contributed by atoms with Gasteiger partial charge in [-0.2, -0.15) is 5.10 Å². The molecule has 0 aliphatic rings. The number of H-pyrrole nitrogens is 1. The summed E-state index contributed by atoms with van der Waals surface area (Å²) in [6.07, 6.45) is 0. The first kappa shape index (κ1) is 14.0. The van der Waals surface area contributed by atoms with Crippen molar-refractivity contribution in [2.45, 2.75) is 11.1 Å². The summed E-state index contributed by atoms with van der Waals surface area (Å²) in [5.74, 6) is -0.100. The minimum absolute atomic E-state index is 0.0199. The standard InChI is InChI=1S/C13H12FN3O2S2/c1-2-21(18,19)13-9(7-3-5-8(14)6-4-7)10-11(15)16-17-12(10)20-13/h3-6H,2H2,1H3,(H3,15,16,17). The van der Waals surface area contributed by atoms with Crippen molar-refractivity contribution in [2.24, 2.45) is 0 Å². The van der Waals surface area contributed by atoms with E-state index in [4.69, 9.17) is 5.73 Å². The zero-order valence-corrected chi connectivity index (χ0v) is 12.7. The highest BCUT2D eigenvalue weighted by Crippen LogP contribution is 2.43. The lowest BCUT2D eigenvalue weighted by molar-refractivity contribution is 0.599. The van der Waals surface area contributed by atoms with E-state index in [0.29, 0.717) is 27.2 Å². The van der Waals surface area contributed by atoms with Gasteiger partial charge in [0, 0.05) is 5.56 Å². The van der Waals surface area contributed by atoms with E-state index in [1.165, 1.54) is 24.3 Å². The van der Waals surface area contributed by atoms with Crippen molar-refractivity contribution in [3.05, 3.63) is 30.1 Å². The third kappa shape index (κ3) is 2.20. The van der Waals surface area contributed by atoms with Crippen molar-refractivity contribution in [1.29, 1.82) is 0 Å². The molecule has 3 rings (SSSR count). The summed E-state index contributed by atoms with van der Waals surface area (Å²) in [6.45, 7) is 1.58. The van der Waals surface area contributed by atoms with Gasteiger partial charge in [-0.15, -0.1) is 11.3 Å². The molecule has 0 amide bonds. The fraction of sp³-hybridized carbons (Fsp3) is 0.154. The van der Waals surface area contributed by atoms with Crippen molar-refractivity contribution in [1.82, 2.24) is 10.2 Å². The van der Waals surface area contributed by atoms with Gasteiger partial charge in [-0.25, -0.2) is 12.8 Å². The van der Waals surface area contributed by atoms with Gasteiger partial charge in [-0.1, -0.05) is 19.1 Å². The molecule has 110 valence electrons. The lowest BCUT2D eigenvalue weighted by Gasteiger charge is -2.05. The predicted molar refractivity (Wildman–Crippen MR) is 81.5 cm³/mol. The first-order chi connectivity index (χ1) is 9.94. The van der Waals surface area contributed by atoms with Crippen molar-refractivity contribution < 1.29 is 12.8 Å². The predicted octanol–water partition coefficient (Wildman–Crippen LogP) is 2.81. The number of benzene rings is 1. The van der Waals surface area contributed by atoms with Gasteiger partial charge < -0.3 is 5.73 Å². The maximum atomic E-state index is 13.1. The van der Waals surface area contributed by atoms with Crippen LogP contribution in [0.15, 0.2) is 28.5 Å². The van der Waals surface area contributed by atoms with Gasteiger partial charge in [0.05, 0.1) is 11.1 Å². The van der Waals surface area contributed by atoms with E-state index in [9.17, 15) is 12.8 Å². The number of rotatable bonds is 3. The largest absolute Gasteiger partial charge is 0.384 e. The molecule has 5 nitrogen and oxygen atoms in total. The molecule has 0 radical (unpaired) electrons. The molecule has 0 fully saturated rings. The molecule has 21 heavy (non-hydrogen) atoms. The number of nitrogen functional groups attached to an aromatic ring is 1. The third-order valence-electron chi connectivity index (χ3n) is 3.20. The Morgan fingerprint density at radius 1 is 1.33 bits per heavy atom. The van der Waals surface area contributed by atoms with Crippen LogP contribution in [-0.4, -0.2) is 24.4 Å². The van der Waals surface area contributed by atoms with Crippen molar-refractivity contribution in [2.75, 3.05) is 11.5 Å². The van der Waals surface area contributed by atoms with Gasteiger partial charge in [0.15, 0.2) is 9.84 Å². The van der Waals surface area contributed by atoms with E-state index >= 15 is 0 Å². The average molecular weight is 325 g/mol. The molecule has 0 atom stereocenters. The lowest BCUT2D eigenvalue weighted by atomic mass is 10.1. The fourth-order valence-corrected chi connectivity index (χ4v) is 4.92. The molecule has 3 N–H and O–H groups in total. The summed E-state index contributed by atoms with van der Waals surface area (Å²) >= 11 is 1.07. The smallest absolute Gasteiger partial charge is 0.188 e. The van der Waals surface area contributed by atoms with Gasteiger partial charge in [-0.3, -0.25) is 5.10 Å². The maximum Gasteiger partial charge on any atom is 0.188 e. The quantitative estimate of drug-likeness (QED) is 0.775. The van der Waals surface area contributed by atoms with E-state index in [1.54, 1.807) is 6.92 Å². The van der Waals surface area contributed by atoms with Crippen LogP contribution >= 0.6 is 11.3 Å². The number of nitrogens with zero attached hydrogens (tertiary/aromatic N) is 1. The zero-order chi connectivity index (χ0) is 15.2. The second-order valence-electron chi connectivity index (χ2n) is 4.49. The Kier molecular flexibility index (Phi) is 3.22. The lowest BCUT2D eigenvalue weighted by Crippen LogP contribution is -2.03. The van der Waals surface area contributed by atoms with Crippen LogP contribution in [0.3, 0.4) is 0 Å². The van der Waals surface area contributed by atoms with Crippen LogP contribution < -0.4 is 5.73 Å². The van der Waals surface area contributed by atoms with E-state index < -0.39 is 9.84 Å². The molecule has 1 aromatic carbocycles. The molecule has 8 heteroatoms. The molecule has 2 heterocycles. The van der Waals surface area contributed by atoms with Crippen LogP contribution in [0.4, 0.5) is 10.2 Å². The second kappa shape index (κ2) is 4.81. The SMILES string of the molecule is CCS(=O)(=O)c1sc2n[nH]c(N)c2c1-c1ccc(F)cc1. The zero-order valence-electron chi connectivity index (χ0n) is 11.1. The van der Waals surface area contributed by atoms with Crippen molar-refractivity contribution in [3.8, 4) is 11.1 Å². The van der Waals surface area contributed by atoms with E-state index in [1.807, 2.05) is 0 Å². The number of aromatic nitrogens is 2. The molecular weight excluding hydrogens is 313 g/mol. The molecule has 0 bridgehead atoms. The molecule has 0 saturated heterocycles. The highest BCUT2D eigenvalue weighted by molar-refractivity contribution is 7.93. The third-order valence-corrected chi connectivity index (χ3v) is 6.62. The fourth-order valence-electron chi connectivity index (χ4n) is 2.12. The molecular formula is C13H12FN3O2S2. The van der Waals surface area contributed by atoms with Crippen LogP contribution in [0.5, 0.6) is 0 Å². The van der Waals surface area contributed by atoms with E-state index in [-0.39, 0.29) is 15.8 Å². The van der Waals surface area contributed by atoms with E-state index in [0.717, 1.165) is 11.3 Å². The molecule has 2 aromatic heterocycles. The topological polar surface area (TPSA) is 88.8 Å². The van der Waals surface area contributed by atoms with Crippen LogP contribution in [0.25, 0.3) is 21.3 Å². The van der Waals surface area contributed by atoms with Crippen LogP contribution in [0.2, 0.25) is 0 Å². The molecule has 0 aliphatic heterocycles. The Balaban J connectivity index is 2.39. The van der Waals surface area contributed by atoms with Crippen molar-refractivity contribution in [3.63, 3.8) is 0 Å². The number of halogens is 1. The molecule has 0 spiro atoms. The Bertz CT molecular complexity index is 911. The maximum absolute atomic E-state index is 13.1. The highest BCUT2D eigenvalue weighted by Gasteiger charge is 2.26. The summed E-state index contributed by atoms with van der Waals surface area (Å²) in [4.78, 5) is 0.527. The van der Waals surface area contributed by atoms with Crippen LogP contribution in [-0.2, 0) is 9.84 Å². The number of nitrogens with two attached hydrogens (primary N) is 1. The van der Waals surface area contributed by atoms with Gasteiger partial charge in [0.25, 0.3) is 0 Å². The molecule has 0 saturated carbocycles. The first-order valence-electron chi connectivity index (χ1n) is 6.19. The summed E-state index contributed by atoms with van der Waals surface area (Å²) in [6, 6.07) is 5.66. The van der Waals surface area contributed by atoms with Gasteiger partial charge >= 0.3 is 0 Å². The Morgan fingerprint density at radius 3 is 2.62 bits per heavy atom. The Labute approximate surface area is 124 Å². The summed E-state index contributed by atoms with van der Waals surface area (Å²) in [5, 5.41) is 7.23. The summed E-state index contributed by atoms with van der Waals surface area (Å²) in [5.41, 5.74) is 6.95. The molecule has 3 aromatic rings. The first-order valence-corrected chi connectivity index (χ1v) is 8.66. The van der Waals surface area contributed by atoms with Gasteiger partial charge in [0.2, 0.25) is 0 Å². The second-order valence-corrected chi connectivity index (χ2v) is 7.96. The molecule has 0 unspecified atom stereocenters. The summed E-state index contributed by atoms with van der Waals surface area (Å²) < 4.78 is 37.9. The minimum Gasteiger partial charge on any atom is -0.384 e. The monoisotopic (exact) mass is 325 g/mol. The summed E-state index contributed by atoms with van der Waals surface area (Å²) in [7, 11) is -3.42. The normalized spacial score (nSPS) is 12.1. The van der Waals surface area contributed by atoms with E-state index in [2.05, 4.69) is 10.2 Å². The highest BCUT2D eigenvalue weighted by atomic mass is 32.2. The number of hydrogen-bond acceptors (Lipinski definition) is 5. The van der Waals surface area contributed by atoms with Gasteiger partial charge in [-0.05, 0) is 17.7 Å². The number of fused-ring (bicyclic) bond motifs is 1. The number of hydrogen-bond donors (Lipinski definition) is 2. The van der Waals surface area contributed by atoms with Crippen molar-refractivity contribution >= 4 is 37.2 Å². The number of anilines is 1. The Morgan fingerprint density at radius 2 is 2.00 bits per heavy atom. The number of nitrogens with one attached hydrogen (secondary N) is 1. The van der Waals surface area contributed by atoms with Crippen LogP contribution in [0, 0.1) is 5.82 Å². The van der Waals surface area contributed by atoms with Crippen LogP contribution in [0.1, 0.15) is 6.92 Å². The Hall–Kier alpha value is -1.93. The molecule has 0 aliphatic carbocycles. The average Bonchev–Trinajstić information content (AvgIpc) is 3.01. The number of thiophene rings is 1. The van der Waals surface area contributed by atoms with Gasteiger partial charge in [0.1, 0.15) is 20.7 Å². The number of sulfone groups is 1. The minimum atomic E-state index is -3.42.